The molecular weight excluding hydrogens is 446 g/mol. The largest absolute Gasteiger partial charge is 0.351 e. The number of carbonyl (C=O) groups is 1. The van der Waals surface area contributed by atoms with Gasteiger partial charge in [0.25, 0.3) is 11.9 Å². The quantitative estimate of drug-likeness (QED) is 0.286. The van der Waals surface area contributed by atoms with E-state index in [1.807, 2.05) is 121 Å². The molecule has 0 saturated heterocycles. The Balaban J connectivity index is 1.51. The first kappa shape index (κ1) is 22.8. The van der Waals surface area contributed by atoms with Crippen molar-refractivity contribution in [2.24, 2.45) is 0 Å². The smallest absolute Gasteiger partial charge is 0.265 e. The van der Waals surface area contributed by atoms with Crippen molar-refractivity contribution >= 4 is 29.6 Å². The number of aromatic nitrogens is 3. The molecule has 0 aliphatic rings. The van der Waals surface area contributed by atoms with Crippen molar-refractivity contribution in [3.8, 4) is 5.69 Å². The van der Waals surface area contributed by atoms with Crippen LogP contribution in [0.3, 0.4) is 0 Å². The van der Waals surface area contributed by atoms with Gasteiger partial charge in [0, 0.05) is 12.1 Å². The van der Waals surface area contributed by atoms with E-state index >= 15 is 0 Å². The zero-order chi connectivity index (χ0) is 24.6. The van der Waals surface area contributed by atoms with Crippen LogP contribution in [0.4, 0.5) is 17.6 Å². The number of benzene rings is 4. The second-order valence-electron chi connectivity index (χ2n) is 8.02. The van der Waals surface area contributed by atoms with Gasteiger partial charge in [-0.15, -0.1) is 5.10 Å². The molecule has 0 fully saturated rings. The Labute approximate surface area is 210 Å². The molecule has 0 spiro atoms. The van der Waals surface area contributed by atoms with Crippen molar-refractivity contribution in [1.82, 2.24) is 14.8 Å². The molecule has 1 aromatic heterocycles. The van der Waals surface area contributed by atoms with Crippen LogP contribution in [0.15, 0.2) is 127 Å². The highest BCUT2D eigenvalue weighted by Gasteiger charge is 2.25. The van der Waals surface area contributed by atoms with E-state index in [4.69, 9.17) is 10.1 Å². The third kappa shape index (κ3) is 5.23. The first-order valence-electron chi connectivity index (χ1n) is 11.7. The van der Waals surface area contributed by atoms with Crippen molar-refractivity contribution in [2.75, 3.05) is 16.8 Å². The molecule has 5 rings (SSSR count). The fourth-order valence-electron chi connectivity index (χ4n) is 3.78. The maximum Gasteiger partial charge on any atom is 0.265 e. The van der Waals surface area contributed by atoms with Gasteiger partial charge in [-0.2, -0.15) is 9.67 Å². The van der Waals surface area contributed by atoms with Gasteiger partial charge in [-0.1, -0.05) is 97.1 Å². The molecule has 5 aromatic rings. The summed E-state index contributed by atoms with van der Waals surface area (Å²) in [7, 11) is 0. The van der Waals surface area contributed by atoms with Crippen LogP contribution in [-0.2, 0) is 0 Å². The number of nitrogens with one attached hydrogen (secondary N) is 1. The van der Waals surface area contributed by atoms with E-state index in [9.17, 15) is 4.79 Å². The molecule has 0 atom stereocenters. The summed E-state index contributed by atoms with van der Waals surface area (Å²) in [6.07, 6.45) is 4.08. The Morgan fingerprint density at radius 2 is 1.36 bits per heavy atom. The van der Waals surface area contributed by atoms with Gasteiger partial charge >= 0.3 is 0 Å². The van der Waals surface area contributed by atoms with Crippen LogP contribution in [-0.4, -0.2) is 27.2 Å². The molecule has 1 N–H and O–H groups in total. The molecule has 0 unspecified atom stereocenters. The SMILES string of the molecule is O=C(c1ccccc1)N(c1ccccc1)c1nc(NC/C=C/c2ccccc2)n(-c2ccccc2)n1. The number of para-hydroxylation sites is 2. The normalized spacial score (nSPS) is 10.9. The Hall–Kier alpha value is -4.97. The minimum atomic E-state index is -0.206. The summed E-state index contributed by atoms with van der Waals surface area (Å²) in [5.74, 6) is 0.617. The van der Waals surface area contributed by atoms with Crippen molar-refractivity contribution in [1.29, 1.82) is 0 Å². The molecule has 1 heterocycles. The highest BCUT2D eigenvalue weighted by molar-refractivity contribution is 6.09. The number of nitrogens with zero attached hydrogens (tertiary/aromatic N) is 4. The van der Waals surface area contributed by atoms with E-state index in [1.165, 1.54) is 0 Å². The highest BCUT2D eigenvalue weighted by Crippen LogP contribution is 2.27. The number of rotatable bonds is 8. The minimum absolute atomic E-state index is 0.206. The Morgan fingerprint density at radius 1 is 0.778 bits per heavy atom. The predicted molar refractivity (Wildman–Crippen MR) is 145 cm³/mol. The lowest BCUT2D eigenvalue weighted by Crippen LogP contribution is -2.27. The fraction of sp³-hybridized carbons (Fsp3) is 0.0333. The first-order valence-corrected chi connectivity index (χ1v) is 11.7. The van der Waals surface area contributed by atoms with E-state index in [1.54, 1.807) is 21.7 Å². The molecule has 1 amide bonds. The highest BCUT2D eigenvalue weighted by atomic mass is 16.2. The van der Waals surface area contributed by atoms with E-state index in [2.05, 4.69) is 5.32 Å². The van der Waals surface area contributed by atoms with Crippen LogP contribution in [0.5, 0.6) is 0 Å². The fourth-order valence-corrected chi connectivity index (χ4v) is 3.78. The third-order valence-corrected chi connectivity index (χ3v) is 5.52. The van der Waals surface area contributed by atoms with E-state index in [0.717, 1.165) is 11.3 Å². The van der Waals surface area contributed by atoms with E-state index < -0.39 is 0 Å². The second kappa shape index (κ2) is 11.0. The maximum atomic E-state index is 13.6. The number of anilines is 3. The lowest BCUT2D eigenvalue weighted by Gasteiger charge is -2.19. The Morgan fingerprint density at radius 3 is 2.03 bits per heavy atom. The van der Waals surface area contributed by atoms with E-state index in [0.29, 0.717) is 23.7 Å². The molecule has 4 aromatic carbocycles. The van der Waals surface area contributed by atoms with Gasteiger partial charge in [-0.3, -0.25) is 4.79 Å². The topological polar surface area (TPSA) is 63.1 Å². The minimum Gasteiger partial charge on any atom is -0.351 e. The molecule has 0 radical (unpaired) electrons. The van der Waals surface area contributed by atoms with Gasteiger partial charge in [-0.25, -0.2) is 4.90 Å². The van der Waals surface area contributed by atoms with Crippen molar-refractivity contribution in [3.05, 3.63) is 139 Å². The zero-order valence-electron chi connectivity index (χ0n) is 19.6. The van der Waals surface area contributed by atoms with Crippen LogP contribution >= 0.6 is 0 Å². The lowest BCUT2D eigenvalue weighted by atomic mass is 10.2. The summed E-state index contributed by atoms with van der Waals surface area (Å²) in [5, 5.41) is 8.12. The van der Waals surface area contributed by atoms with Crippen LogP contribution in [0, 0.1) is 0 Å². The standard InChI is InChI=1S/C30H25N5O/c36-28(25-17-7-2-8-18-25)34(26-19-9-3-10-20-26)30-32-29(35(33-30)27-21-11-4-12-22-27)31-23-13-16-24-14-5-1-6-15-24/h1-22H,23H2,(H,31,32,33)/b16-13+. The molecule has 6 heteroatoms. The number of hydrogen-bond acceptors (Lipinski definition) is 4. The van der Waals surface area contributed by atoms with E-state index in [-0.39, 0.29) is 11.9 Å². The molecular formula is C30H25N5O. The van der Waals surface area contributed by atoms with Crippen molar-refractivity contribution in [2.45, 2.75) is 0 Å². The van der Waals surface area contributed by atoms with Gasteiger partial charge in [0.1, 0.15) is 0 Å². The van der Waals surface area contributed by atoms with Gasteiger partial charge in [-0.05, 0) is 42.0 Å². The van der Waals surface area contributed by atoms with Crippen LogP contribution in [0.1, 0.15) is 15.9 Å². The number of carbonyl (C=O) groups excluding carboxylic acids is 1. The Bertz CT molecular complexity index is 1430. The third-order valence-electron chi connectivity index (χ3n) is 5.52. The predicted octanol–water partition coefficient (Wildman–Crippen LogP) is 6.37. The van der Waals surface area contributed by atoms with Gasteiger partial charge < -0.3 is 5.32 Å². The van der Waals surface area contributed by atoms with Gasteiger partial charge in [0.05, 0.1) is 11.4 Å². The summed E-state index contributed by atoms with van der Waals surface area (Å²) >= 11 is 0. The summed E-state index contributed by atoms with van der Waals surface area (Å²) in [5.41, 5.74) is 3.20. The second-order valence-corrected chi connectivity index (χ2v) is 8.02. The average Bonchev–Trinajstić information content (AvgIpc) is 3.37. The monoisotopic (exact) mass is 471 g/mol. The molecule has 0 aliphatic carbocycles. The van der Waals surface area contributed by atoms with Gasteiger partial charge in [0.2, 0.25) is 5.95 Å². The molecule has 0 aliphatic heterocycles. The van der Waals surface area contributed by atoms with Crippen LogP contribution in [0.2, 0.25) is 0 Å². The zero-order valence-corrected chi connectivity index (χ0v) is 19.6. The first-order chi connectivity index (χ1) is 17.8. The van der Waals surface area contributed by atoms with Crippen molar-refractivity contribution in [3.63, 3.8) is 0 Å². The van der Waals surface area contributed by atoms with Crippen molar-refractivity contribution < 1.29 is 4.79 Å². The van der Waals surface area contributed by atoms with Gasteiger partial charge in [0.15, 0.2) is 0 Å². The summed E-state index contributed by atoms with van der Waals surface area (Å²) in [6, 6.07) is 38.5. The average molecular weight is 472 g/mol. The number of hydrogen-bond donors (Lipinski definition) is 1. The van der Waals surface area contributed by atoms with Crippen LogP contribution < -0.4 is 10.2 Å². The molecule has 0 bridgehead atoms. The summed E-state index contributed by atoms with van der Waals surface area (Å²) in [6.45, 7) is 0.540. The molecule has 176 valence electrons. The maximum absolute atomic E-state index is 13.6. The molecule has 0 saturated carbocycles. The molecule has 36 heavy (non-hydrogen) atoms. The van der Waals surface area contributed by atoms with Crippen LogP contribution in [0.25, 0.3) is 11.8 Å². The molecule has 6 nitrogen and oxygen atoms in total. The lowest BCUT2D eigenvalue weighted by molar-refractivity contribution is 0.0998. The summed E-state index contributed by atoms with van der Waals surface area (Å²) in [4.78, 5) is 19.9. The Kier molecular flexibility index (Phi) is 6.95. The number of amides is 1. The summed E-state index contributed by atoms with van der Waals surface area (Å²) < 4.78 is 1.72.